The molecule has 2 aromatic carbocycles. The number of halogens is 1. The zero-order valence-electron chi connectivity index (χ0n) is 14.7. The number of carbonyl (C=O) groups excluding carboxylic acids is 2. The monoisotopic (exact) mass is 367 g/mol. The maximum absolute atomic E-state index is 13.6. The molecule has 1 N–H and O–H groups in total. The fraction of sp³-hybridized carbons (Fsp3) is 0.190. The number of Topliss-reactive ketones (excluding diaryl/α,β-unsaturated/α-hetero) is 1. The van der Waals surface area contributed by atoms with E-state index >= 15 is 0 Å². The molecule has 0 bridgehead atoms. The predicted octanol–water partition coefficient (Wildman–Crippen LogP) is 4.27. The summed E-state index contributed by atoms with van der Waals surface area (Å²) in [7, 11) is 0. The van der Waals surface area contributed by atoms with Crippen molar-refractivity contribution in [3.8, 4) is 16.9 Å². The van der Waals surface area contributed by atoms with Crippen LogP contribution in [0.1, 0.15) is 30.3 Å². The van der Waals surface area contributed by atoms with Crippen molar-refractivity contribution in [3.63, 3.8) is 0 Å². The van der Waals surface area contributed by atoms with Crippen molar-refractivity contribution in [2.75, 3.05) is 6.61 Å². The van der Waals surface area contributed by atoms with Gasteiger partial charge in [-0.3, -0.25) is 9.59 Å². The highest BCUT2D eigenvalue weighted by Gasteiger charge is 2.18. The Labute approximate surface area is 155 Å². The molecule has 6 heteroatoms. The minimum Gasteiger partial charge on any atom is -0.506 e. The molecule has 138 valence electrons. The smallest absolute Gasteiger partial charge is 0.306 e. The molecule has 5 nitrogen and oxygen atoms in total. The lowest BCUT2D eigenvalue weighted by Crippen LogP contribution is -2.09. The number of aromatic hydroxyl groups is 1. The number of aromatic nitrogens is 1. The number of benzene rings is 2. The molecule has 0 unspecified atom stereocenters. The number of pyridine rings is 1. The van der Waals surface area contributed by atoms with E-state index in [0.29, 0.717) is 22.0 Å². The van der Waals surface area contributed by atoms with Crippen LogP contribution in [0.2, 0.25) is 0 Å². The van der Waals surface area contributed by atoms with Crippen LogP contribution in [0.4, 0.5) is 4.39 Å². The summed E-state index contributed by atoms with van der Waals surface area (Å²) >= 11 is 0. The lowest BCUT2D eigenvalue weighted by atomic mass is 10.0. The Morgan fingerprint density at radius 1 is 1.11 bits per heavy atom. The maximum Gasteiger partial charge on any atom is 0.306 e. The topological polar surface area (TPSA) is 76.5 Å². The van der Waals surface area contributed by atoms with E-state index < -0.39 is 11.8 Å². The molecule has 0 aliphatic rings. The number of rotatable bonds is 6. The molecule has 1 heterocycles. The van der Waals surface area contributed by atoms with E-state index in [2.05, 4.69) is 4.98 Å². The number of ketones is 1. The van der Waals surface area contributed by atoms with E-state index in [-0.39, 0.29) is 36.7 Å². The van der Waals surface area contributed by atoms with Crippen LogP contribution in [0.5, 0.6) is 5.75 Å². The van der Waals surface area contributed by atoms with Gasteiger partial charge in [-0.15, -0.1) is 0 Å². The first kappa shape index (κ1) is 18.5. The second kappa shape index (κ2) is 7.95. The van der Waals surface area contributed by atoms with Gasteiger partial charge in [-0.05, 0) is 30.7 Å². The normalized spacial score (nSPS) is 10.7. The van der Waals surface area contributed by atoms with Gasteiger partial charge in [-0.1, -0.05) is 30.3 Å². The van der Waals surface area contributed by atoms with Crippen molar-refractivity contribution >= 4 is 22.7 Å². The second-order valence-corrected chi connectivity index (χ2v) is 5.97. The molecule has 1 aromatic heterocycles. The highest BCUT2D eigenvalue weighted by Crippen LogP contribution is 2.31. The number of para-hydroxylation sites is 1. The third kappa shape index (κ3) is 4.11. The number of fused-ring (bicyclic) bond motifs is 1. The van der Waals surface area contributed by atoms with E-state index in [0.717, 1.165) is 0 Å². The van der Waals surface area contributed by atoms with Crippen LogP contribution in [0.25, 0.3) is 22.0 Å². The van der Waals surface area contributed by atoms with Crippen molar-refractivity contribution in [2.24, 2.45) is 0 Å². The molecule has 0 saturated carbocycles. The van der Waals surface area contributed by atoms with Gasteiger partial charge in [0.1, 0.15) is 17.3 Å². The van der Waals surface area contributed by atoms with Gasteiger partial charge in [0.2, 0.25) is 0 Å². The summed E-state index contributed by atoms with van der Waals surface area (Å²) in [4.78, 5) is 28.2. The van der Waals surface area contributed by atoms with Crippen LogP contribution in [0.3, 0.4) is 0 Å². The molecule has 0 spiro atoms. The summed E-state index contributed by atoms with van der Waals surface area (Å²) < 4.78 is 18.4. The molecular weight excluding hydrogens is 349 g/mol. The summed E-state index contributed by atoms with van der Waals surface area (Å²) in [5.41, 5.74) is 1.62. The Kier molecular flexibility index (Phi) is 5.45. The van der Waals surface area contributed by atoms with Crippen molar-refractivity contribution in [2.45, 2.75) is 19.8 Å². The number of hydrogen-bond acceptors (Lipinski definition) is 5. The van der Waals surface area contributed by atoms with Crippen molar-refractivity contribution in [3.05, 3.63) is 60.0 Å². The number of esters is 1. The van der Waals surface area contributed by atoms with Crippen LogP contribution in [0, 0.1) is 5.82 Å². The molecule has 0 atom stereocenters. The number of hydrogen-bond donors (Lipinski definition) is 1. The van der Waals surface area contributed by atoms with Crippen LogP contribution < -0.4 is 0 Å². The average molecular weight is 367 g/mol. The Morgan fingerprint density at radius 3 is 2.63 bits per heavy atom. The summed E-state index contributed by atoms with van der Waals surface area (Å²) in [5, 5.41) is 10.8. The molecule has 3 rings (SSSR count). The summed E-state index contributed by atoms with van der Waals surface area (Å²) in [5.74, 6) is -1.58. The van der Waals surface area contributed by atoms with E-state index in [1.165, 1.54) is 18.2 Å². The van der Waals surface area contributed by atoms with Gasteiger partial charge in [0.05, 0.1) is 18.5 Å². The SMILES string of the molecule is CCOC(=O)CCC(=O)c1nc2c(-c3cccc(F)c3)cccc2cc1O. The van der Waals surface area contributed by atoms with Gasteiger partial charge in [0.15, 0.2) is 5.78 Å². The van der Waals surface area contributed by atoms with Gasteiger partial charge in [-0.2, -0.15) is 0 Å². The minimum absolute atomic E-state index is 0.0859. The molecule has 27 heavy (non-hydrogen) atoms. The predicted molar refractivity (Wildman–Crippen MR) is 99.0 cm³/mol. The van der Waals surface area contributed by atoms with Gasteiger partial charge >= 0.3 is 5.97 Å². The number of nitrogens with zero attached hydrogens (tertiary/aromatic N) is 1. The van der Waals surface area contributed by atoms with Gasteiger partial charge in [-0.25, -0.2) is 9.37 Å². The third-order valence-corrected chi connectivity index (χ3v) is 4.09. The lowest BCUT2D eigenvalue weighted by molar-refractivity contribution is -0.143. The minimum atomic E-state index is -0.480. The van der Waals surface area contributed by atoms with Gasteiger partial charge in [0, 0.05) is 17.4 Å². The molecule has 0 amide bonds. The molecule has 0 aliphatic carbocycles. The highest BCUT2D eigenvalue weighted by atomic mass is 19.1. The summed E-state index contributed by atoms with van der Waals surface area (Å²) in [6.07, 6.45) is -0.204. The molecule has 0 aliphatic heterocycles. The zero-order valence-corrected chi connectivity index (χ0v) is 14.7. The van der Waals surface area contributed by atoms with Crippen LogP contribution >= 0.6 is 0 Å². The Bertz CT molecular complexity index is 1020. The Hall–Kier alpha value is -3.28. The maximum atomic E-state index is 13.6. The standard InChI is InChI=1S/C21H18FNO4/c1-2-27-19(26)10-9-17(24)21-18(25)12-14-6-4-8-16(20(14)23-21)13-5-3-7-15(22)11-13/h3-8,11-12,25H,2,9-10H2,1H3. The van der Waals surface area contributed by atoms with Gasteiger partial charge in [0.25, 0.3) is 0 Å². The first-order chi connectivity index (χ1) is 13.0. The third-order valence-electron chi connectivity index (χ3n) is 4.09. The lowest BCUT2D eigenvalue weighted by Gasteiger charge is -2.10. The fourth-order valence-electron chi connectivity index (χ4n) is 2.85. The van der Waals surface area contributed by atoms with Crippen molar-refractivity contribution in [1.82, 2.24) is 4.98 Å². The Balaban J connectivity index is 2.00. The summed E-state index contributed by atoms with van der Waals surface area (Å²) in [6.45, 7) is 1.92. The fourth-order valence-corrected chi connectivity index (χ4v) is 2.85. The van der Waals surface area contributed by atoms with E-state index in [9.17, 15) is 19.1 Å². The molecule has 0 fully saturated rings. The highest BCUT2D eigenvalue weighted by molar-refractivity contribution is 6.02. The number of carbonyl (C=O) groups is 2. The van der Waals surface area contributed by atoms with Crippen molar-refractivity contribution < 1.29 is 23.8 Å². The molecule has 0 saturated heterocycles. The van der Waals surface area contributed by atoms with Crippen LogP contribution in [-0.4, -0.2) is 28.4 Å². The average Bonchev–Trinajstić information content (AvgIpc) is 2.65. The quantitative estimate of drug-likeness (QED) is 0.520. The molecular formula is C21H18FNO4. The first-order valence-corrected chi connectivity index (χ1v) is 8.57. The van der Waals surface area contributed by atoms with E-state index in [1.807, 2.05) is 0 Å². The molecule has 3 aromatic rings. The van der Waals surface area contributed by atoms with Crippen molar-refractivity contribution in [1.29, 1.82) is 0 Å². The Morgan fingerprint density at radius 2 is 1.89 bits per heavy atom. The largest absolute Gasteiger partial charge is 0.506 e. The molecule has 0 radical (unpaired) electrons. The van der Waals surface area contributed by atoms with E-state index in [1.54, 1.807) is 37.3 Å². The van der Waals surface area contributed by atoms with Gasteiger partial charge < -0.3 is 9.84 Å². The number of ether oxygens (including phenoxy) is 1. The zero-order chi connectivity index (χ0) is 19.4. The second-order valence-electron chi connectivity index (χ2n) is 5.97. The van der Waals surface area contributed by atoms with Crippen LogP contribution in [0.15, 0.2) is 48.5 Å². The van der Waals surface area contributed by atoms with Crippen LogP contribution in [-0.2, 0) is 9.53 Å². The summed E-state index contributed by atoms with van der Waals surface area (Å²) in [6, 6.07) is 12.8. The first-order valence-electron chi connectivity index (χ1n) is 8.57. The van der Waals surface area contributed by atoms with E-state index in [4.69, 9.17) is 4.74 Å².